The molecule has 0 aromatic heterocycles. The van der Waals surface area contributed by atoms with E-state index in [2.05, 4.69) is 46.7 Å². The SMILES string of the molecule is CC#CC(CNCO)C(C)I. The highest BCUT2D eigenvalue weighted by atomic mass is 127. The molecule has 2 unspecified atom stereocenters. The van der Waals surface area contributed by atoms with Gasteiger partial charge in [0.25, 0.3) is 0 Å². The molecule has 0 rings (SSSR count). The van der Waals surface area contributed by atoms with Crippen LogP contribution in [-0.4, -0.2) is 22.3 Å². The van der Waals surface area contributed by atoms with Gasteiger partial charge in [-0.2, -0.15) is 0 Å². The van der Waals surface area contributed by atoms with Crippen LogP contribution in [0.3, 0.4) is 0 Å². The van der Waals surface area contributed by atoms with Crippen LogP contribution in [0.15, 0.2) is 0 Å². The maximum Gasteiger partial charge on any atom is 0.0931 e. The zero-order valence-corrected chi connectivity index (χ0v) is 9.05. The summed E-state index contributed by atoms with van der Waals surface area (Å²) < 4.78 is 0.513. The van der Waals surface area contributed by atoms with Crippen molar-refractivity contribution in [1.82, 2.24) is 5.32 Å². The van der Waals surface area contributed by atoms with Gasteiger partial charge >= 0.3 is 0 Å². The molecule has 0 radical (unpaired) electrons. The van der Waals surface area contributed by atoms with Crippen molar-refractivity contribution in [3.63, 3.8) is 0 Å². The molecule has 0 amide bonds. The predicted octanol–water partition coefficient (Wildman–Crippen LogP) is 0.989. The van der Waals surface area contributed by atoms with E-state index in [0.717, 1.165) is 6.54 Å². The molecule has 0 aliphatic carbocycles. The first kappa shape index (κ1) is 11.2. The lowest BCUT2D eigenvalue weighted by Crippen LogP contribution is -2.26. The smallest absolute Gasteiger partial charge is 0.0931 e. The molecule has 2 N–H and O–H groups in total. The first-order valence-corrected chi connectivity index (χ1v) is 4.84. The fourth-order valence-corrected chi connectivity index (χ4v) is 1.17. The number of rotatable bonds is 4. The van der Waals surface area contributed by atoms with Crippen LogP contribution in [0.4, 0.5) is 0 Å². The number of halogens is 1. The van der Waals surface area contributed by atoms with E-state index < -0.39 is 0 Å². The number of hydrogen-bond donors (Lipinski definition) is 2. The van der Waals surface area contributed by atoms with E-state index in [4.69, 9.17) is 5.11 Å². The third-order valence-corrected chi connectivity index (χ3v) is 2.23. The lowest BCUT2D eigenvalue weighted by molar-refractivity contribution is 0.256. The highest BCUT2D eigenvalue weighted by Gasteiger charge is 2.09. The molecular formula is C8H14INO. The summed E-state index contributed by atoms with van der Waals surface area (Å²) in [5.74, 6) is 6.31. The number of aliphatic hydroxyl groups excluding tert-OH is 1. The molecule has 2 atom stereocenters. The Morgan fingerprint density at radius 1 is 1.64 bits per heavy atom. The minimum Gasteiger partial charge on any atom is -0.381 e. The molecule has 0 aliphatic rings. The van der Waals surface area contributed by atoms with Gasteiger partial charge in [0.05, 0.1) is 6.73 Å². The van der Waals surface area contributed by atoms with E-state index in [9.17, 15) is 0 Å². The molecule has 0 fully saturated rings. The molecule has 0 bridgehead atoms. The molecule has 0 saturated carbocycles. The Balaban J connectivity index is 3.76. The summed E-state index contributed by atoms with van der Waals surface area (Å²) in [5, 5.41) is 11.4. The summed E-state index contributed by atoms with van der Waals surface area (Å²) in [6, 6.07) is 0. The Hall–Kier alpha value is 0.210. The van der Waals surface area contributed by atoms with Crippen LogP contribution < -0.4 is 5.32 Å². The summed E-state index contributed by atoms with van der Waals surface area (Å²) in [6.45, 7) is 4.76. The normalized spacial score (nSPS) is 14.9. The highest BCUT2D eigenvalue weighted by Crippen LogP contribution is 2.10. The quantitative estimate of drug-likeness (QED) is 0.344. The minimum atomic E-state index is 0.0330. The Kier molecular flexibility index (Phi) is 7.02. The van der Waals surface area contributed by atoms with Gasteiger partial charge in [-0.1, -0.05) is 35.4 Å². The van der Waals surface area contributed by atoms with Gasteiger partial charge in [-0.15, -0.1) is 5.92 Å². The van der Waals surface area contributed by atoms with Crippen LogP contribution in [0, 0.1) is 17.8 Å². The van der Waals surface area contributed by atoms with Gasteiger partial charge in [-0.25, -0.2) is 0 Å². The van der Waals surface area contributed by atoms with Crippen molar-refractivity contribution in [2.24, 2.45) is 5.92 Å². The van der Waals surface area contributed by atoms with Gasteiger partial charge in [0, 0.05) is 16.4 Å². The Morgan fingerprint density at radius 2 is 2.27 bits per heavy atom. The average molecular weight is 267 g/mol. The van der Waals surface area contributed by atoms with E-state index in [1.165, 1.54) is 0 Å². The Morgan fingerprint density at radius 3 is 2.64 bits per heavy atom. The molecular weight excluding hydrogens is 253 g/mol. The summed E-state index contributed by atoms with van der Waals surface area (Å²) in [4.78, 5) is 0. The molecule has 0 saturated heterocycles. The largest absolute Gasteiger partial charge is 0.381 e. The lowest BCUT2D eigenvalue weighted by Gasteiger charge is -2.12. The fourth-order valence-electron chi connectivity index (χ4n) is 0.734. The van der Waals surface area contributed by atoms with Crippen LogP contribution in [0.5, 0.6) is 0 Å². The van der Waals surface area contributed by atoms with E-state index in [1.54, 1.807) is 0 Å². The third-order valence-electron chi connectivity index (χ3n) is 1.36. The first-order valence-electron chi connectivity index (χ1n) is 3.60. The summed E-state index contributed by atoms with van der Waals surface area (Å²) in [5.41, 5.74) is 0. The van der Waals surface area contributed by atoms with Gasteiger partial charge in [0.15, 0.2) is 0 Å². The maximum absolute atomic E-state index is 8.50. The van der Waals surface area contributed by atoms with Gasteiger partial charge in [0.2, 0.25) is 0 Å². The van der Waals surface area contributed by atoms with Crippen molar-refractivity contribution < 1.29 is 5.11 Å². The number of hydrogen-bond acceptors (Lipinski definition) is 2. The maximum atomic E-state index is 8.50. The van der Waals surface area contributed by atoms with Crippen molar-refractivity contribution in [3.05, 3.63) is 0 Å². The minimum absolute atomic E-state index is 0.0330. The molecule has 64 valence electrons. The van der Waals surface area contributed by atoms with Crippen LogP contribution in [-0.2, 0) is 0 Å². The van der Waals surface area contributed by atoms with Crippen LogP contribution >= 0.6 is 22.6 Å². The number of nitrogens with one attached hydrogen (secondary N) is 1. The molecule has 0 heterocycles. The summed E-state index contributed by atoms with van der Waals surface area (Å²) in [7, 11) is 0. The van der Waals surface area contributed by atoms with E-state index in [0.29, 0.717) is 9.84 Å². The van der Waals surface area contributed by atoms with Gasteiger partial charge in [0.1, 0.15) is 0 Å². The van der Waals surface area contributed by atoms with Crippen molar-refractivity contribution in [2.75, 3.05) is 13.3 Å². The molecule has 0 spiro atoms. The van der Waals surface area contributed by atoms with E-state index in [-0.39, 0.29) is 6.73 Å². The predicted molar refractivity (Wildman–Crippen MR) is 55.5 cm³/mol. The second-order valence-electron chi connectivity index (χ2n) is 2.29. The summed E-state index contributed by atoms with van der Waals surface area (Å²) >= 11 is 2.34. The molecule has 0 aliphatic heterocycles. The zero-order chi connectivity index (χ0) is 8.69. The van der Waals surface area contributed by atoms with Crippen molar-refractivity contribution >= 4 is 22.6 Å². The second-order valence-corrected chi connectivity index (χ2v) is 4.26. The second kappa shape index (κ2) is 6.89. The van der Waals surface area contributed by atoms with Crippen LogP contribution in [0.25, 0.3) is 0 Å². The molecule has 2 nitrogen and oxygen atoms in total. The number of alkyl halides is 1. The van der Waals surface area contributed by atoms with Gasteiger partial charge in [-0.05, 0) is 6.92 Å². The average Bonchev–Trinajstić information content (AvgIpc) is 1.97. The number of aliphatic hydroxyl groups is 1. The van der Waals surface area contributed by atoms with Crippen LogP contribution in [0.2, 0.25) is 0 Å². The topological polar surface area (TPSA) is 32.3 Å². The standard InChI is InChI=1S/C8H14INO/c1-3-4-8(7(2)9)5-10-6-11/h7-8,10-11H,5-6H2,1-2H3. The summed E-state index contributed by atoms with van der Waals surface area (Å²) in [6.07, 6.45) is 0. The van der Waals surface area contributed by atoms with Crippen molar-refractivity contribution in [2.45, 2.75) is 17.8 Å². The van der Waals surface area contributed by atoms with Gasteiger partial charge < -0.3 is 5.11 Å². The molecule has 11 heavy (non-hydrogen) atoms. The Labute approximate surface area is 81.9 Å². The monoisotopic (exact) mass is 267 g/mol. The lowest BCUT2D eigenvalue weighted by atomic mass is 10.1. The van der Waals surface area contributed by atoms with E-state index in [1.807, 2.05) is 6.92 Å². The fraction of sp³-hybridized carbons (Fsp3) is 0.750. The van der Waals surface area contributed by atoms with Crippen LogP contribution in [0.1, 0.15) is 13.8 Å². The van der Waals surface area contributed by atoms with Crippen molar-refractivity contribution in [1.29, 1.82) is 0 Å². The third kappa shape index (κ3) is 5.48. The van der Waals surface area contributed by atoms with Gasteiger partial charge in [-0.3, -0.25) is 5.32 Å². The molecule has 0 aromatic rings. The Bertz CT molecular complexity index is 148. The van der Waals surface area contributed by atoms with Crippen molar-refractivity contribution in [3.8, 4) is 11.8 Å². The molecule has 3 heteroatoms. The highest BCUT2D eigenvalue weighted by molar-refractivity contribution is 14.1. The zero-order valence-electron chi connectivity index (χ0n) is 6.89. The first-order chi connectivity index (χ1) is 5.22. The molecule has 0 aromatic carbocycles. The van der Waals surface area contributed by atoms with E-state index >= 15 is 0 Å².